The summed E-state index contributed by atoms with van der Waals surface area (Å²) in [4.78, 5) is 0. The largest absolute Gasteiger partial charge is 0.320 e. The zero-order valence-electron chi connectivity index (χ0n) is 15.8. The topological polar surface area (TPSA) is 35.5 Å². The van der Waals surface area contributed by atoms with Crippen molar-refractivity contribution in [1.29, 1.82) is 0 Å². The standard InChI is InChI=1S/C18H39O3P/c1-7-13-17(11-5,14-8-2)20-22(19)21-18(12-6,15-9-3)16-10-4/h22H,7-16H2,1-6H3. The highest BCUT2D eigenvalue weighted by Crippen LogP contribution is 2.45. The maximum atomic E-state index is 12.6. The third-order valence-electron chi connectivity index (χ3n) is 4.71. The molecule has 0 aromatic heterocycles. The molecule has 0 rings (SSSR count). The molecule has 0 aliphatic carbocycles. The van der Waals surface area contributed by atoms with Gasteiger partial charge in [0.25, 0.3) is 0 Å². The second kappa shape index (κ2) is 11.6. The molecule has 0 saturated heterocycles. The monoisotopic (exact) mass is 334 g/mol. The molecule has 0 spiro atoms. The molecule has 0 bridgehead atoms. The minimum absolute atomic E-state index is 0.266. The van der Waals surface area contributed by atoms with Crippen molar-refractivity contribution in [2.75, 3.05) is 0 Å². The molecule has 0 aliphatic heterocycles. The van der Waals surface area contributed by atoms with Gasteiger partial charge in [0, 0.05) is 0 Å². The second-order valence-corrected chi connectivity index (χ2v) is 7.44. The molecule has 22 heavy (non-hydrogen) atoms. The van der Waals surface area contributed by atoms with Crippen molar-refractivity contribution in [2.45, 2.75) is 117 Å². The summed E-state index contributed by atoms with van der Waals surface area (Å²) in [5, 5.41) is 0. The summed E-state index contributed by atoms with van der Waals surface area (Å²) in [6, 6.07) is 0. The molecule has 0 atom stereocenters. The molecule has 0 fully saturated rings. The first-order chi connectivity index (χ1) is 10.5. The number of hydrogen-bond donors (Lipinski definition) is 0. The van der Waals surface area contributed by atoms with E-state index in [9.17, 15) is 4.57 Å². The van der Waals surface area contributed by atoms with Crippen LogP contribution in [0.1, 0.15) is 106 Å². The van der Waals surface area contributed by atoms with Gasteiger partial charge in [0.15, 0.2) is 0 Å². The molecule has 0 amide bonds. The Morgan fingerprint density at radius 1 is 0.636 bits per heavy atom. The fourth-order valence-corrected chi connectivity index (χ4v) is 4.95. The van der Waals surface area contributed by atoms with Crippen LogP contribution in [-0.2, 0) is 13.6 Å². The van der Waals surface area contributed by atoms with Crippen molar-refractivity contribution in [1.82, 2.24) is 0 Å². The van der Waals surface area contributed by atoms with E-state index in [1.165, 1.54) is 0 Å². The zero-order chi connectivity index (χ0) is 17.1. The van der Waals surface area contributed by atoms with Gasteiger partial charge in [-0.1, -0.05) is 67.2 Å². The van der Waals surface area contributed by atoms with E-state index >= 15 is 0 Å². The summed E-state index contributed by atoms with van der Waals surface area (Å²) in [7, 11) is -2.46. The van der Waals surface area contributed by atoms with Crippen molar-refractivity contribution in [2.24, 2.45) is 0 Å². The molecular formula is C18H39O3P. The minimum Gasteiger partial charge on any atom is -0.304 e. The van der Waals surface area contributed by atoms with Crippen LogP contribution in [0, 0.1) is 0 Å². The van der Waals surface area contributed by atoms with E-state index in [1.54, 1.807) is 0 Å². The van der Waals surface area contributed by atoms with Crippen LogP contribution in [0.5, 0.6) is 0 Å². The van der Waals surface area contributed by atoms with Crippen LogP contribution >= 0.6 is 8.25 Å². The average Bonchev–Trinajstić information content (AvgIpc) is 2.47. The Balaban J connectivity index is 4.97. The quantitative estimate of drug-likeness (QED) is 0.324. The Morgan fingerprint density at radius 3 is 1.09 bits per heavy atom. The van der Waals surface area contributed by atoms with E-state index in [4.69, 9.17) is 9.05 Å². The first-order valence-electron chi connectivity index (χ1n) is 9.38. The molecule has 3 nitrogen and oxygen atoms in total. The summed E-state index contributed by atoms with van der Waals surface area (Å²) in [6.45, 7) is 12.9. The van der Waals surface area contributed by atoms with Crippen LogP contribution in [0.15, 0.2) is 0 Å². The van der Waals surface area contributed by atoms with Crippen molar-refractivity contribution in [3.05, 3.63) is 0 Å². The van der Waals surface area contributed by atoms with Gasteiger partial charge >= 0.3 is 8.25 Å². The van der Waals surface area contributed by atoms with E-state index in [2.05, 4.69) is 41.5 Å². The van der Waals surface area contributed by atoms with E-state index in [0.717, 1.165) is 64.2 Å². The number of rotatable bonds is 14. The Bertz CT molecular complexity index is 265. The third-order valence-corrected chi connectivity index (χ3v) is 5.91. The highest BCUT2D eigenvalue weighted by atomic mass is 31.1. The van der Waals surface area contributed by atoms with Gasteiger partial charge in [-0.3, -0.25) is 4.57 Å². The van der Waals surface area contributed by atoms with Crippen LogP contribution in [0.2, 0.25) is 0 Å². The number of hydrogen-bond acceptors (Lipinski definition) is 3. The Labute approximate surface area is 139 Å². The molecule has 0 heterocycles. The summed E-state index contributed by atoms with van der Waals surface area (Å²) >= 11 is 0. The van der Waals surface area contributed by atoms with Gasteiger partial charge in [-0.15, -0.1) is 0 Å². The predicted octanol–water partition coefficient (Wildman–Crippen LogP) is 6.91. The van der Waals surface area contributed by atoms with Gasteiger partial charge in [0.2, 0.25) is 0 Å². The summed E-state index contributed by atoms with van der Waals surface area (Å²) < 4.78 is 24.7. The molecule has 0 N–H and O–H groups in total. The van der Waals surface area contributed by atoms with E-state index in [-0.39, 0.29) is 11.2 Å². The summed E-state index contributed by atoms with van der Waals surface area (Å²) in [6.07, 6.45) is 9.81. The van der Waals surface area contributed by atoms with Crippen molar-refractivity contribution < 1.29 is 13.6 Å². The molecule has 0 aliphatic rings. The lowest BCUT2D eigenvalue weighted by Crippen LogP contribution is -2.33. The van der Waals surface area contributed by atoms with Crippen LogP contribution in [0.4, 0.5) is 0 Å². The van der Waals surface area contributed by atoms with Crippen LogP contribution in [0.3, 0.4) is 0 Å². The first-order valence-corrected chi connectivity index (χ1v) is 10.6. The Morgan fingerprint density at radius 2 is 0.909 bits per heavy atom. The molecule has 0 aromatic carbocycles. The molecular weight excluding hydrogens is 295 g/mol. The molecule has 0 radical (unpaired) electrons. The molecule has 0 saturated carbocycles. The SMILES string of the molecule is CCCC(CC)(CCC)O[PH](=O)OC(CC)(CCC)CCC. The second-order valence-electron chi connectivity index (χ2n) is 6.53. The van der Waals surface area contributed by atoms with Gasteiger partial charge in [0.05, 0.1) is 11.2 Å². The average molecular weight is 334 g/mol. The van der Waals surface area contributed by atoms with E-state index in [1.807, 2.05) is 0 Å². The van der Waals surface area contributed by atoms with Gasteiger partial charge in [-0.05, 0) is 38.5 Å². The lowest BCUT2D eigenvalue weighted by Gasteiger charge is -2.36. The lowest BCUT2D eigenvalue weighted by molar-refractivity contribution is -0.00964. The maximum Gasteiger partial charge on any atom is 0.320 e. The molecule has 0 aromatic rings. The fourth-order valence-electron chi connectivity index (χ4n) is 3.50. The van der Waals surface area contributed by atoms with Crippen LogP contribution in [-0.4, -0.2) is 11.2 Å². The minimum atomic E-state index is -2.46. The predicted molar refractivity (Wildman–Crippen MR) is 96.8 cm³/mol. The van der Waals surface area contributed by atoms with Gasteiger partial charge < -0.3 is 9.05 Å². The highest BCUT2D eigenvalue weighted by Gasteiger charge is 2.34. The molecule has 134 valence electrons. The zero-order valence-corrected chi connectivity index (χ0v) is 16.8. The van der Waals surface area contributed by atoms with Crippen LogP contribution < -0.4 is 0 Å². The summed E-state index contributed by atoms with van der Waals surface area (Å²) in [5.41, 5.74) is -0.533. The van der Waals surface area contributed by atoms with Crippen molar-refractivity contribution in [3.8, 4) is 0 Å². The summed E-state index contributed by atoms with van der Waals surface area (Å²) in [5.74, 6) is 0. The van der Waals surface area contributed by atoms with Gasteiger partial charge in [-0.25, -0.2) is 0 Å². The molecule has 4 heteroatoms. The van der Waals surface area contributed by atoms with Gasteiger partial charge in [0.1, 0.15) is 0 Å². The maximum absolute atomic E-state index is 12.6. The van der Waals surface area contributed by atoms with Gasteiger partial charge in [-0.2, -0.15) is 0 Å². The van der Waals surface area contributed by atoms with E-state index < -0.39 is 8.25 Å². The van der Waals surface area contributed by atoms with Crippen molar-refractivity contribution >= 4 is 8.25 Å². The molecule has 0 unspecified atom stereocenters. The van der Waals surface area contributed by atoms with Crippen molar-refractivity contribution in [3.63, 3.8) is 0 Å². The highest BCUT2D eigenvalue weighted by molar-refractivity contribution is 7.33. The smallest absolute Gasteiger partial charge is 0.304 e. The Hall–Kier alpha value is 0.150. The normalized spacial score (nSPS) is 13.0. The van der Waals surface area contributed by atoms with E-state index in [0.29, 0.717) is 0 Å². The lowest BCUT2D eigenvalue weighted by atomic mass is 9.90. The Kier molecular flexibility index (Phi) is 11.7. The first kappa shape index (κ1) is 22.1. The third kappa shape index (κ3) is 7.15. The van der Waals surface area contributed by atoms with Crippen LogP contribution in [0.25, 0.3) is 0 Å². The fraction of sp³-hybridized carbons (Fsp3) is 1.00.